The number of allylic oxidation sites excluding steroid dienone is 1. The van der Waals surface area contributed by atoms with Crippen molar-refractivity contribution in [3.8, 4) is 6.07 Å². The lowest BCUT2D eigenvalue weighted by Gasteiger charge is -2.14. The smallest absolute Gasteiger partial charge is 0.360 e. The molecule has 0 saturated carbocycles. The first-order valence-electron chi connectivity index (χ1n) is 8.72. The first kappa shape index (κ1) is 23.1. The van der Waals surface area contributed by atoms with Gasteiger partial charge < -0.3 is 5.32 Å². The van der Waals surface area contributed by atoms with Gasteiger partial charge in [-0.25, -0.2) is 8.42 Å². The van der Waals surface area contributed by atoms with E-state index in [-0.39, 0.29) is 11.0 Å². The molecule has 0 aliphatic heterocycles. The molecule has 11 heteroatoms. The van der Waals surface area contributed by atoms with E-state index >= 15 is 0 Å². The number of hydrogen-bond acceptors (Lipinski definition) is 4. The number of fused-ring (bicyclic) bond motifs is 1. The Kier molecular flexibility index (Phi) is 5.93. The van der Waals surface area contributed by atoms with E-state index in [0.717, 1.165) is 5.39 Å². The van der Waals surface area contributed by atoms with Gasteiger partial charge in [-0.05, 0) is 41.1 Å². The van der Waals surface area contributed by atoms with Gasteiger partial charge >= 0.3 is 12.4 Å². The molecule has 0 fully saturated rings. The van der Waals surface area contributed by atoms with Crippen LogP contribution in [-0.2, 0) is 22.2 Å². The molecule has 4 nitrogen and oxygen atoms in total. The number of hydrogen-bond donors (Lipinski definition) is 1. The summed E-state index contributed by atoms with van der Waals surface area (Å²) >= 11 is 0. The van der Waals surface area contributed by atoms with Gasteiger partial charge in [-0.1, -0.05) is 30.3 Å². The zero-order valence-corrected chi connectivity index (χ0v) is 16.6. The van der Waals surface area contributed by atoms with Crippen LogP contribution in [0.3, 0.4) is 0 Å². The van der Waals surface area contributed by atoms with E-state index in [4.69, 9.17) is 0 Å². The third kappa shape index (κ3) is 4.86. The number of nitriles is 1. The van der Waals surface area contributed by atoms with Gasteiger partial charge in [0.2, 0.25) is 9.84 Å². The Labute approximate surface area is 178 Å². The summed E-state index contributed by atoms with van der Waals surface area (Å²) in [6, 6.07) is 13.0. The minimum atomic E-state index is -5.07. The molecule has 0 aromatic heterocycles. The predicted octanol–water partition coefficient (Wildman–Crippen LogP) is 6.13. The number of nitrogens with zero attached hydrogens (tertiary/aromatic N) is 1. The highest BCUT2D eigenvalue weighted by Gasteiger charge is 2.37. The summed E-state index contributed by atoms with van der Waals surface area (Å²) in [4.78, 5) is -1.15. The fraction of sp³-hybridized carbons (Fsp3) is 0.0952. The van der Waals surface area contributed by atoms with Crippen LogP contribution in [0.4, 0.5) is 32.0 Å². The maximum atomic E-state index is 13.0. The Morgan fingerprint density at radius 3 is 1.94 bits per heavy atom. The summed E-state index contributed by atoms with van der Waals surface area (Å²) in [5.74, 6) is 0. The van der Waals surface area contributed by atoms with Crippen LogP contribution in [0.2, 0.25) is 0 Å². The van der Waals surface area contributed by atoms with Crippen LogP contribution in [0.25, 0.3) is 10.8 Å². The fourth-order valence-electron chi connectivity index (χ4n) is 2.82. The Morgan fingerprint density at radius 1 is 0.844 bits per heavy atom. The average molecular weight is 470 g/mol. The van der Waals surface area contributed by atoms with E-state index < -0.39 is 43.9 Å². The second kappa shape index (κ2) is 8.20. The van der Waals surface area contributed by atoms with Crippen molar-refractivity contribution in [1.29, 1.82) is 5.26 Å². The molecule has 0 heterocycles. The zero-order chi connectivity index (χ0) is 23.7. The van der Waals surface area contributed by atoms with Gasteiger partial charge in [-0.15, -0.1) is 0 Å². The molecule has 0 saturated heterocycles. The van der Waals surface area contributed by atoms with Crippen LogP contribution in [-0.4, -0.2) is 8.42 Å². The largest absolute Gasteiger partial charge is 0.416 e. The highest BCUT2D eigenvalue weighted by atomic mass is 32.2. The number of anilines is 1. The van der Waals surface area contributed by atoms with Crippen LogP contribution < -0.4 is 5.32 Å². The van der Waals surface area contributed by atoms with Crippen LogP contribution in [0.5, 0.6) is 0 Å². The van der Waals surface area contributed by atoms with Crippen molar-refractivity contribution < 1.29 is 34.8 Å². The molecule has 0 aliphatic rings. The third-order valence-electron chi connectivity index (χ3n) is 4.39. The first-order valence-corrected chi connectivity index (χ1v) is 10.2. The van der Waals surface area contributed by atoms with Crippen LogP contribution in [0, 0.1) is 11.3 Å². The van der Waals surface area contributed by atoms with Gasteiger partial charge in [0.15, 0.2) is 4.91 Å². The monoisotopic (exact) mass is 470 g/mol. The molecule has 3 aromatic rings. The van der Waals surface area contributed by atoms with E-state index in [1.807, 2.05) is 0 Å². The van der Waals surface area contributed by atoms with E-state index in [1.54, 1.807) is 24.3 Å². The summed E-state index contributed by atoms with van der Waals surface area (Å²) in [5, 5.41) is 12.6. The van der Waals surface area contributed by atoms with Gasteiger partial charge in [-0.2, -0.15) is 31.6 Å². The molecule has 0 unspecified atom stereocenters. The minimum absolute atomic E-state index is 0.0636. The number of benzene rings is 3. The number of rotatable bonds is 4. The lowest BCUT2D eigenvalue weighted by atomic mass is 10.1. The standard InChI is InChI=1S/C21H12F6N2O2S/c22-20(23,24)15-8-16(21(25,26)27)10-17(9-15)29-12-19(11-28)32(30,31)18-6-5-13-3-1-2-4-14(13)7-18/h1-10,12,29H/b19-12+. The van der Waals surface area contributed by atoms with Crippen molar-refractivity contribution >= 4 is 26.3 Å². The van der Waals surface area contributed by atoms with Gasteiger partial charge in [0.25, 0.3) is 0 Å². The van der Waals surface area contributed by atoms with Gasteiger partial charge in [0, 0.05) is 11.9 Å². The highest BCUT2D eigenvalue weighted by Crippen LogP contribution is 2.37. The fourth-order valence-corrected chi connectivity index (χ4v) is 3.94. The normalized spacial score (nSPS) is 13.1. The van der Waals surface area contributed by atoms with Crippen LogP contribution in [0.15, 0.2) is 76.7 Å². The lowest BCUT2D eigenvalue weighted by molar-refractivity contribution is -0.143. The van der Waals surface area contributed by atoms with Crippen LogP contribution >= 0.6 is 0 Å². The second-order valence-corrected chi connectivity index (χ2v) is 8.49. The second-order valence-electron chi connectivity index (χ2n) is 6.57. The maximum absolute atomic E-state index is 13.0. The van der Waals surface area contributed by atoms with E-state index in [9.17, 15) is 40.0 Å². The average Bonchev–Trinajstić information content (AvgIpc) is 2.72. The topological polar surface area (TPSA) is 70.0 Å². The van der Waals surface area contributed by atoms with E-state index in [2.05, 4.69) is 5.32 Å². The Hall–Kier alpha value is -3.52. The number of halogens is 6. The van der Waals surface area contributed by atoms with Crippen molar-refractivity contribution in [2.45, 2.75) is 17.2 Å². The molecule has 0 aliphatic carbocycles. The van der Waals surface area contributed by atoms with Crippen molar-refractivity contribution in [1.82, 2.24) is 0 Å². The van der Waals surface area contributed by atoms with Gasteiger partial charge in [0.1, 0.15) is 6.07 Å². The summed E-state index contributed by atoms with van der Waals surface area (Å²) in [5.41, 5.74) is -3.85. The van der Waals surface area contributed by atoms with Crippen molar-refractivity contribution in [3.63, 3.8) is 0 Å². The Bertz CT molecular complexity index is 1320. The Morgan fingerprint density at radius 2 is 1.41 bits per heavy atom. The SMILES string of the molecule is N#C/C(=C\Nc1cc(C(F)(F)F)cc(C(F)(F)F)c1)S(=O)(=O)c1ccc2ccccc2c1. The molecule has 0 radical (unpaired) electrons. The summed E-state index contributed by atoms with van der Waals surface area (Å²) in [6.45, 7) is 0. The van der Waals surface area contributed by atoms with E-state index in [0.29, 0.717) is 23.7 Å². The summed E-state index contributed by atoms with van der Waals surface area (Å²) < 4.78 is 103. The molecule has 0 bridgehead atoms. The Balaban J connectivity index is 2.02. The quantitative estimate of drug-likeness (QED) is 0.368. The van der Waals surface area contributed by atoms with Crippen LogP contribution in [0.1, 0.15) is 11.1 Å². The molecular formula is C21H12F6N2O2S. The predicted molar refractivity (Wildman–Crippen MR) is 105 cm³/mol. The lowest BCUT2D eigenvalue weighted by Crippen LogP contribution is -2.12. The molecule has 1 N–H and O–H groups in total. The minimum Gasteiger partial charge on any atom is -0.360 e. The van der Waals surface area contributed by atoms with Crippen molar-refractivity contribution in [3.05, 3.63) is 82.9 Å². The molecule has 166 valence electrons. The maximum Gasteiger partial charge on any atom is 0.416 e. The summed E-state index contributed by atoms with van der Waals surface area (Å²) in [7, 11) is -4.40. The molecule has 32 heavy (non-hydrogen) atoms. The molecule has 3 aromatic carbocycles. The van der Waals surface area contributed by atoms with E-state index in [1.165, 1.54) is 24.3 Å². The highest BCUT2D eigenvalue weighted by molar-refractivity contribution is 7.95. The summed E-state index contributed by atoms with van der Waals surface area (Å²) in [6.07, 6.45) is -9.59. The molecular weight excluding hydrogens is 458 g/mol. The first-order chi connectivity index (χ1) is 14.8. The molecule has 0 spiro atoms. The van der Waals surface area contributed by atoms with Gasteiger partial charge in [0.05, 0.1) is 16.0 Å². The molecule has 3 rings (SSSR count). The zero-order valence-electron chi connectivity index (χ0n) is 15.8. The van der Waals surface area contributed by atoms with Crippen molar-refractivity contribution in [2.24, 2.45) is 0 Å². The van der Waals surface area contributed by atoms with Crippen molar-refractivity contribution in [2.75, 3.05) is 5.32 Å². The van der Waals surface area contributed by atoms with Gasteiger partial charge in [-0.3, -0.25) is 0 Å². The number of nitrogens with one attached hydrogen (secondary N) is 1. The molecule has 0 atom stereocenters. The third-order valence-corrected chi connectivity index (χ3v) is 6.05. The number of sulfone groups is 1. The molecule has 0 amide bonds. The number of alkyl halides is 6.